The van der Waals surface area contributed by atoms with Crippen molar-refractivity contribution in [3.05, 3.63) is 146 Å². The molecule has 1 atom stereocenters. The number of sulfonamides is 1. The second-order valence-electron chi connectivity index (χ2n) is 26.4. The van der Waals surface area contributed by atoms with Crippen LogP contribution >= 0.6 is 11.6 Å². The lowest BCUT2D eigenvalue weighted by atomic mass is 9.72. The molecule has 22 nitrogen and oxygen atoms in total. The molecule has 5 amide bonds. The molecule has 6 aliphatic rings. The average molecular weight is 1310 g/mol. The van der Waals surface area contributed by atoms with Gasteiger partial charge in [-0.15, -0.1) is 0 Å². The summed E-state index contributed by atoms with van der Waals surface area (Å²) in [5.41, 5.74) is 6.58. The maximum Gasteiger partial charge on any atom is 0.293 e. The summed E-state index contributed by atoms with van der Waals surface area (Å²) < 4.78 is 36.6. The van der Waals surface area contributed by atoms with E-state index in [1.165, 1.54) is 35.0 Å². The number of nitro benzene ring substituents is 1. The molecule has 0 radical (unpaired) electrons. The lowest BCUT2D eigenvalue weighted by Gasteiger charge is -2.42. The van der Waals surface area contributed by atoms with Crippen molar-refractivity contribution in [1.29, 1.82) is 0 Å². The second kappa shape index (κ2) is 28.2. The third-order valence-electron chi connectivity index (χ3n) is 19.6. The first-order chi connectivity index (χ1) is 44.8. The van der Waals surface area contributed by atoms with Gasteiger partial charge in [-0.25, -0.2) is 18.1 Å². The van der Waals surface area contributed by atoms with Crippen LogP contribution in [0.15, 0.2) is 114 Å². The molecule has 93 heavy (non-hydrogen) atoms. The molecule has 24 heteroatoms. The number of nitro groups is 1. The van der Waals surface area contributed by atoms with Gasteiger partial charge in [0.05, 0.1) is 32.7 Å². The molecular weight excluding hydrogens is 1220 g/mol. The number of hydrogen-bond acceptors (Lipinski definition) is 17. The van der Waals surface area contributed by atoms with Crippen molar-refractivity contribution in [2.75, 3.05) is 94.1 Å². The zero-order chi connectivity index (χ0) is 65.0. The monoisotopic (exact) mass is 1300 g/mol. The van der Waals surface area contributed by atoms with Gasteiger partial charge in [-0.2, -0.15) is 0 Å². The van der Waals surface area contributed by atoms with E-state index in [0.29, 0.717) is 49.3 Å². The highest BCUT2D eigenvalue weighted by atomic mass is 35.5. The number of carbonyl (C=O) groups is 5. The molecule has 4 aliphatic heterocycles. The fourth-order valence-corrected chi connectivity index (χ4v) is 15.3. The van der Waals surface area contributed by atoms with Crippen LogP contribution in [0.3, 0.4) is 0 Å². The number of ether oxygens (including phenoxy) is 1. The van der Waals surface area contributed by atoms with Gasteiger partial charge in [0, 0.05) is 125 Å². The maximum absolute atomic E-state index is 14.2. The second-order valence-corrected chi connectivity index (χ2v) is 28.5. The number of halogens is 1. The number of nitrogens with zero attached hydrogens (tertiary/aromatic N) is 7. The van der Waals surface area contributed by atoms with E-state index in [1.807, 2.05) is 18.2 Å². The number of H-pyrrole nitrogens is 1. The van der Waals surface area contributed by atoms with Crippen molar-refractivity contribution in [3.63, 3.8) is 0 Å². The minimum absolute atomic E-state index is 0.0479. The van der Waals surface area contributed by atoms with Crippen LogP contribution in [0, 0.1) is 21.4 Å². The molecule has 1 unspecified atom stereocenters. The number of aromatic amines is 1. The average Bonchev–Trinajstić information content (AvgIpc) is 1.57. The highest BCUT2D eigenvalue weighted by Gasteiger charge is 2.46. The number of piperazine rings is 2. The molecule has 12 rings (SSSR count). The van der Waals surface area contributed by atoms with E-state index in [2.05, 4.69) is 76.2 Å². The number of unbranched alkanes of at least 4 members (excludes halogenated alkanes) is 3. The van der Waals surface area contributed by atoms with Gasteiger partial charge in [0.25, 0.3) is 33.4 Å². The summed E-state index contributed by atoms with van der Waals surface area (Å²) in [7, 11) is -4.62. The van der Waals surface area contributed by atoms with Crippen molar-refractivity contribution in [1.82, 2.24) is 39.6 Å². The number of carbonyl (C=O) groups excluding carboxylic acids is 5. The smallest absolute Gasteiger partial charge is 0.293 e. The number of fused-ring (bicyclic) bond motifs is 2. The Bertz CT molecular complexity index is 3970. The Kier molecular flexibility index (Phi) is 19.6. The van der Waals surface area contributed by atoms with Crippen LogP contribution in [0.1, 0.15) is 134 Å². The van der Waals surface area contributed by atoms with Crippen molar-refractivity contribution in [2.45, 2.75) is 114 Å². The highest BCUT2D eigenvalue weighted by Crippen LogP contribution is 2.44. The minimum atomic E-state index is -4.62. The molecule has 2 aromatic heterocycles. The SMILES string of the molecule is CC1(C)CCC(CN2CCN(c3ccc(C(=O)NS(=O)(=O)c4ccc(NCC5CCC(N6CCN(CCCCCCNc7cccc8c7C(=O)N(C7CCC(=O)NC7=O)C8=O)CC6)CC5)c([N+](=O)[O-])c4)c(Oc4cnc5[nH]ccc5c4)c3)CC2)=C(c2ccc(Cl)cc2)C1. The highest BCUT2D eigenvalue weighted by molar-refractivity contribution is 7.90. The number of imide groups is 2. The molecule has 1 saturated carbocycles. The minimum Gasteiger partial charge on any atom is -0.455 e. The molecule has 3 saturated heterocycles. The van der Waals surface area contributed by atoms with E-state index in [-0.39, 0.29) is 52.3 Å². The van der Waals surface area contributed by atoms with Crippen molar-refractivity contribution in [2.24, 2.45) is 11.3 Å². The zero-order valence-electron chi connectivity index (χ0n) is 52.7. The van der Waals surface area contributed by atoms with E-state index in [1.54, 1.807) is 48.7 Å². The molecule has 2 aliphatic carbocycles. The molecule has 6 aromatic rings. The first-order valence-electron chi connectivity index (χ1n) is 32.7. The predicted molar refractivity (Wildman–Crippen MR) is 357 cm³/mol. The summed E-state index contributed by atoms with van der Waals surface area (Å²) in [6, 6.07) is 25.1. The number of nitrogens with one attached hydrogen (secondary N) is 5. The molecule has 5 N–H and O–H groups in total. The number of amides is 5. The lowest BCUT2D eigenvalue weighted by Crippen LogP contribution is -2.54. The number of pyridine rings is 1. The van der Waals surface area contributed by atoms with Gasteiger partial charge in [0.2, 0.25) is 11.8 Å². The summed E-state index contributed by atoms with van der Waals surface area (Å²) in [5.74, 6) is -2.31. The molecule has 4 aromatic carbocycles. The number of rotatable bonds is 23. The molecular formula is C69H81ClN12O10S. The fourth-order valence-electron chi connectivity index (χ4n) is 14.2. The van der Waals surface area contributed by atoms with E-state index < -0.39 is 61.1 Å². The number of anilines is 3. The van der Waals surface area contributed by atoms with Crippen LogP contribution < -0.4 is 30.3 Å². The lowest BCUT2D eigenvalue weighted by molar-refractivity contribution is -0.384. The van der Waals surface area contributed by atoms with Gasteiger partial charge >= 0.3 is 0 Å². The Morgan fingerprint density at radius 1 is 0.806 bits per heavy atom. The van der Waals surface area contributed by atoms with Crippen LogP contribution in [0.2, 0.25) is 5.02 Å². The topological polar surface area (TPSA) is 265 Å². The van der Waals surface area contributed by atoms with Gasteiger partial charge in [-0.05, 0) is 154 Å². The van der Waals surface area contributed by atoms with Crippen LogP contribution in [-0.2, 0) is 19.6 Å². The molecule has 0 spiro atoms. The number of piperidine rings is 1. The Balaban J connectivity index is 0.595. The Hall–Kier alpha value is -8.22. The van der Waals surface area contributed by atoms with E-state index in [4.69, 9.17) is 16.3 Å². The first-order valence-corrected chi connectivity index (χ1v) is 34.5. The van der Waals surface area contributed by atoms with Gasteiger partial charge in [-0.1, -0.05) is 62.1 Å². The Morgan fingerprint density at radius 3 is 2.33 bits per heavy atom. The van der Waals surface area contributed by atoms with Gasteiger partial charge < -0.3 is 30.2 Å². The van der Waals surface area contributed by atoms with Crippen molar-refractivity contribution in [3.8, 4) is 11.5 Å². The van der Waals surface area contributed by atoms with Gasteiger partial charge in [-0.3, -0.25) is 54.1 Å². The normalized spacial score (nSPS) is 20.8. The quantitative estimate of drug-likeness (QED) is 0.0173. The van der Waals surface area contributed by atoms with Gasteiger partial charge in [0.1, 0.15) is 28.9 Å². The number of allylic oxidation sites excluding steroid dienone is 1. The summed E-state index contributed by atoms with van der Waals surface area (Å²) in [4.78, 5) is 94.9. The number of hydrogen-bond donors (Lipinski definition) is 5. The largest absolute Gasteiger partial charge is 0.455 e. The summed E-state index contributed by atoms with van der Waals surface area (Å²) in [5, 5.41) is 22.9. The van der Waals surface area contributed by atoms with Crippen molar-refractivity contribution < 1.29 is 42.1 Å². The van der Waals surface area contributed by atoms with Crippen LogP contribution in [-0.4, -0.2) is 163 Å². The molecule has 490 valence electrons. The third-order valence-corrected chi connectivity index (χ3v) is 21.1. The fraction of sp³-hybridized carbons (Fsp3) is 0.449. The first kappa shape index (κ1) is 64.9. The van der Waals surface area contributed by atoms with E-state index in [9.17, 15) is 42.5 Å². The summed E-state index contributed by atoms with van der Waals surface area (Å²) in [6.45, 7) is 14.7. The summed E-state index contributed by atoms with van der Waals surface area (Å²) in [6.07, 6.45) is 14.6. The number of benzene rings is 4. The molecule has 0 bridgehead atoms. The van der Waals surface area contributed by atoms with Crippen LogP contribution in [0.25, 0.3) is 16.6 Å². The summed E-state index contributed by atoms with van der Waals surface area (Å²) >= 11 is 6.28. The maximum atomic E-state index is 14.2. The molecule has 4 fully saturated rings. The Labute approximate surface area is 547 Å². The van der Waals surface area contributed by atoms with Crippen LogP contribution in [0.5, 0.6) is 11.5 Å². The standard InChI is InChI=1S/C69H81ClN12O10S/c1-69(2)26-24-48(56(41-69)46-12-14-49(70)15-13-46)44-78-32-36-80(37-33-78)51-18-20-54(61(39-51)92-52-38-47-25-28-72-64(47)74-43-52)65(84)76-93(90,91)53-19-21-57(60(40-53)82(88)89)73-42-45-10-16-50(17-11-45)79-34-30-77(31-35-79)29-6-4-3-5-27-71-58-9-7-8-55-63(58)68(87)81(67(55)86)59-22-23-62(83)75-66(59)85/h7-9,12-15,18-21,25,28,38-40,43,45,50,59,71,73H,3-6,10-11,16-17,22-24,26-27,29-37,41-42,44H2,1-2H3,(H,72,74)(H,76,84)(H,75,83,85). The van der Waals surface area contributed by atoms with E-state index >= 15 is 0 Å². The van der Waals surface area contributed by atoms with Crippen LogP contribution in [0.4, 0.5) is 22.7 Å². The Morgan fingerprint density at radius 2 is 1.57 bits per heavy atom. The predicted octanol–water partition coefficient (Wildman–Crippen LogP) is 10.5. The number of aromatic nitrogens is 2. The van der Waals surface area contributed by atoms with E-state index in [0.717, 1.165) is 150 Å². The third kappa shape index (κ3) is 15.1. The zero-order valence-corrected chi connectivity index (χ0v) is 54.3. The van der Waals surface area contributed by atoms with Gasteiger partial charge in [0.15, 0.2) is 0 Å². The van der Waals surface area contributed by atoms with Crippen molar-refractivity contribution >= 4 is 90.5 Å². The molecule has 6 heterocycles.